The van der Waals surface area contributed by atoms with Crippen LogP contribution in [0.15, 0.2) is 4.99 Å². The molecule has 0 bridgehead atoms. The first-order valence-electron chi connectivity index (χ1n) is 9.10. The highest BCUT2D eigenvalue weighted by molar-refractivity contribution is 5.79. The number of rotatable bonds is 9. The molecule has 6 heteroatoms. The van der Waals surface area contributed by atoms with E-state index in [-0.39, 0.29) is 0 Å². The van der Waals surface area contributed by atoms with Crippen LogP contribution in [0.2, 0.25) is 0 Å². The van der Waals surface area contributed by atoms with E-state index in [0.29, 0.717) is 12.0 Å². The smallest absolute Gasteiger partial charge is 0.190 e. The quantitative estimate of drug-likeness (QED) is 0.382. The number of nitrogens with one attached hydrogen (secondary N) is 2. The minimum Gasteiger partial charge on any atom is -0.381 e. The zero-order valence-corrected chi connectivity index (χ0v) is 14.5. The molecule has 2 N–H and O–H groups in total. The van der Waals surface area contributed by atoms with Crippen LogP contribution in [0.1, 0.15) is 38.5 Å². The maximum Gasteiger partial charge on any atom is 0.190 e. The summed E-state index contributed by atoms with van der Waals surface area (Å²) < 4.78 is 16.7. The molecule has 2 rings (SSSR count). The second kappa shape index (κ2) is 11.6. The van der Waals surface area contributed by atoms with Gasteiger partial charge in [-0.3, -0.25) is 4.99 Å². The van der Waals surface area contributed by atoms with Crippen molar-refractivity contribution < 1.29 is 14.2 Å². The highest BCUT2D eigenvalue weighted by Gasteiger charge is 2.15. The molecule has 0 aromatic carbocycles. The molecule has 2 aliphatic rings. The third kappa shape index (κ3) is 7.99. The predicted octanol–water partition coefficient (Wildman–Crippen LogP) is 1.55. The molecule has 1 atom stereocenters. The maximum atomic E-state index is 5.76. The Balaban J connectivity index is 1.42. The fourth-order valence-electron chi connectivity index (χ4n) is 2.99. The first-order valence-corrected chi connectivity index (χ1v) is 9.10. The molecule has 23 heavy (non-hydrogen) atoms. The van der Waals surface area contributed by atoms with Crippen LogP contribution in [-0.4, -0.2) is 65.2 Å². The van der Waals surface area contributed by atoms with Crippen LogP contribution >= 0.6 is 0 Å². The van der Waals surface area contributed by atoms with Gasteiger partial charge in [0.1, 0.15) is 0 Å². The Morgan fingerprint density at radius 3 is 2.70 bits per heavy atom. The summed E-state index contributed by atoms with van der Waals surface area (Å²) in [6.45, 7) is 6.17. The molecule has 0 radical (unpaired) electrons. The number of hydrogen-bond donors (Lipinski definition) is 2. The van der Waals surface area contributed by atoms with Gasteiger partial charge in [0.2, 0.25) is 0 Å². The van der Waals surface area contributed by atoms with Crippen LogP contribution in [-0.2, 0) is 14.2 Å². The van der Waals surface area contributed by atoms with E-state index in [1.807, 2.05) is 7.05 Å². The van der Waals surface area contributed by atoms with Gasteiger partial charge in [-0.15, -0.1) is 0 Å². The summed E-state index contributed by atoms with van der Waals surface area (Å²) in [5, 5.41) is 6.67. The van der Waals surface area contributed by atoms with Crippen LogP contribution < -0.4 is 10.6 Å². The Labute approximate surface area is 140 Å². The second-order valence-corrected chi connectivity index (χ2v) is 6.33. The Hall–Kier alpha value is -0.850. The lowest BCUT2D eigenvalue weighted by Crippen LogP contribution is -2.39. The molecule has 0 amide bonds. The van der Waals surface area contributed by atoms with E-state index in [1.165, 1.54) is 12.8 Å². The topological polar surface area (TPSA) is 64.1 Å². The van der Waals surface area contributed by atoms with E-state index in [2.05, 4.69) is 15.6 Å². The minimum atomic E-state index is 0.430. The van der Waals surface area contributed by atoms with Crippen LogP contribution in [0.25, 0.3) is 0 Å². The molecular weight excluding hydrogens is 294 g/mol. The zero-order chi connectivity index (χ0) is 16.2. The fraction of sp³-hybridized carbons (Fsp3) is 0.941. The summed E-state index contributed by atoms with van der Waals surface area (Å²) in [5.41, 5.74) is 0. The van der Waals surface area contributed by atoms with Crippen molar-refractivity contribution >= 4 is 5.96 Å². The molecule has 6 nitrogen and oxygen atoms in total. The molecule has 2 heterocycles. The van der Waals surface area contributed by atoms with Gasteiger partial charge in [-0.2, -0.15) is 0 Å². The summed E-state index contributed by atoms with van der Waals surface area (Å²) in [6, 6.07) is 0. The van der Waals surface area contributed by atoms with Gasteiger partial charge in [-0.05, 0) is 44.4 Å². The third-order valence-corrected chi connectivity index (χ3v) is 4.46. The summed E-state index contributed by atoms with van der Waals surface area (Å²) in [7, 11) is 1.81. The Morgan fingerprint density at radius 1 is 1.13 bits per heavy atom. The SMILES string of the molecule is CN=C(NCCCOCC1CCOCC1)NCCC1CCCO1. The fourth-order valence-corrected chi connectivity index (χ4v) is 2.99. The number of nitrogens with zero attached hydrogens (tertiary/aromatic N) is 1. The van der Waals surface area contributed by atoms with Crippen molar-refractivity contribution in [3.05, 3.63) is 0 Å². The van der Waals surface area contributed by atoms with Gasteiger partial charge in [-0.1, -0.05) is 0 Å². The highest BCUT2D eigenvalue weighted by Crippen LogP contribution is 2.15. The lowest BCUT2D eigenvalue weighted by Gasteiger charge is -2.21. The minimum absolute atomic E-state index is 0.430. The molecule has 1 unspecified atom stereocenters. The maximum absolute atomic E-state index is 5.76. The average molecular weight is 327 g/mol. The van der Waals surface area contributed by atoms with Gasteiger partial charge in [0.15, 0.2) is 5.96 Å². The van der Waals surface area contributed by atoms with Gasteiger partial charge < -0.3 is 24.8 Å². The van der Waals surface area contributed by atoms with Crippen LogP contribution in [0, 0.1) is 5.92 Å². The van der Waals surface area contributed by atoms with Crippen molar-refractivity contribution in [1.82, 2.24) is 10.6 Å². The Morgan fingerprint density at radius 2 is 1.96 bits per heavy atom. The van der Waals surface area contributed by atoms with Crippen LogP contribution in [0.5, 0.6) is 0 Å². The van der Waals surface area contributed by atoms with Crippen molar-refractivity contribution in [2.45, 2.75) is 44.6 Å². The molecule has 2 saturated heterocycles. The van der Waals surface area contributed by atoms with E-state index in [1.54, 1.807) is 0 Å². The predicted molar refractivity (Wildman–Crippen MR) is 91.9 cm³/mol. The standard InChI is InChI=1S/C17H33N3O3/c1-18-17(20-9-5-16-4-2-11-23-16)19-8-3-10-22-14-15-6-12-21-13-7-15/h15-16H,2-14H2,1H3,(H2,18,19,20). The molecule has 134 valence electrons. The first kappa shape index (κ1) is 18.5. The second-order valence-electron chi connectivity index (χ2n) is 6.33. The summed E-state index contributed by atoms with van der Waals surface area (Å²) in [6.07, 6.45) is 7.15. The molecule has 0 aliphatic carbocycles. The molecular formula is C17H33N3O3. The molecule has 2 aliphatic heterocycles. The zero-order valence-electron chi connectivity index (χ0n) is 14.5. The molecule has 2 fully saturated rings. The van der Waals surface area contributed by atoms with Crippen molar-refractivity contribution in [3.8, 4) is 0 Å². The van der Waals surface area contributed by atoms with Gasteiger partial charge in [0, 0.05) is 53.2 Å². The van der Waals surface area contributed by atoms with Crippen molar-refractivity contribution in [1.29, 1.82) is 0 Å². The lowest BCUT2D eigenvalue weighted by molar-refractivity contribution is 0.0203. The van der Waals surface area contributed by atoms with Crippen molar-refractivity contribution in [3.63, 3.8) is 0 Å². The average Bonchev–Trinajstić information content (AvgIpc) is 3.10. The summed E-state index contributed by atoms with van der Waals surface area (Å²) in [4.78, 5) is 4.24. The number of ether oxygens (including phenoxy) is 3. The van der Waals surface area contributed by atoms with Gasteiger partial charge in [-0.25, -0.2) is 0 Å². The highest BCUT2D eigenvalue weighted by atomic mass is 16.5. The van der Waals surface area contributed by atoms with Crippen LogP contribution in [0.4, 0.5) is 0 Å². The number of guanidine groups is 1. The third-order valence-electron chi connectivity index (χ3n) is 4.46. The molecule has 0 aromatic heterocycles. The molecule has 0 aromatic rings. The Kier molecular flexibility index (Phi) is 9.36. The van der Waals surface area contributed by atoms with Crippen molar-refractivity contribution in [2.75, 3.05) is 53.2 Å². The van der Waals surface area contributed by atoms with Gasteiger partial charge in [0.25, 0.3) is 0 Å². The van der Waals surface area contributed by atoms with Gasteiger partial charge in [0.05, 0.1) is 6.10 Å². The number of aliphatic imine (C=N–C) groups is 1. The molecule has 0 spiro atoms. The lowest BCUT2D eigenvalue weighted by atomic mass is 10.0. The van der Waals surface area contributed by atoms with E-state index < -0.39 is 0 Å². The normalized spacial score (nSPS) is 23.2. The Bertz CT molecular complexity index is 327. The van der Waals surface area contributed by atoms with E-state index in [4.69, 9.17) is 14.2 Å². The van der Waals surface area contributed by atoms with Gasteiger partial charge >= 0.3 is 0 Å². The first-order chi connectivity index (χ1) is 11.4. The van der Waals surface area contributed by atoms with Crippen LogP contribution in [0.3, 0.4) is 0 Å². The van der Waals surface area contributed by atoms with E-state index in [0.717, 1.165) is 77.8 Å². The summed E-state index contributed by atoms with van der Waals surface area (Å²) >= 11 is 0. The largest absolute Gasteiger partial charge is 0.381 e. The summed E-state index contributed by atoms with van der Waals surface area (Å²) in [5.74, 6) is 1.55. The van der Waals surface area contributed by atoms with E-state index in [9.17, 15) is 0 Å². The van der Waals surface area contributed by atoms with Crippen molar-refractivity contribution in [2.24, 2.45) is 10.9 Å². The molecule has 0 saturated carbocycles. The van der Waals surface area contributed by atoms with E-state index >= 15 is 0 Å². The monoisotopic (exact) mass is 327 g/mol. The number of hydrogen-bond acceptors (Lipinski definition) is 4.